The Morgan fingerprint density at radius 3 is 1.27 bits per heavy atom. The first-order chi connectivity index (χ1) is 14.5. The van der Waals surface area contributed by atoms with Gasteiger partial charge in [0.25, 0.3) is 22.2 Å². The molecule has 4 aromatic heterocycles. The van der Waals surface area contributed by atoms with Crippen molar-refractivity contribution < 1.29 is 0 Å². The number of benzene rings is 1. The Morgan fingerprint density at radius 2 is 0.967 bits per heavy atom. The number of rotatable bonds is 4. The van der Waals surface area contributed by atoms with Crippen molar-refractivity contribution in [3.05, 3.63) is 114 Å². The zero-order valence-corrected chi connectivity index (χ0v) is 15.6. The van der Waals surface area contributed by atoms with Crippen LogP contribution in [0.5, 0.6) is 0 Å². The molecule has 0 N–H and O–H groups in total. The average Bonchev–Trinajstić information content (AvgIpc) is 3.14. The second-order valence-electron chi connectivity index (χ2n) is 7.06. The van der Waals surface area contributed by atoms with E-state index in [2.05, 4.69) is 9.97 Å². The van der Waals surface area contributed by atoms with Crippen LogP contribution in [0.1, 0.15) is 11.1 Å². The lowest BCUT2D eigenvalue weighted by molar-refractivity contribution is 0.750. The van der Waals surface area contributed by atoms with Crippen LogP contribution in [-0.4, -0.2) is 19.1 Å². The molecule has 0 saturated carbocycles. The lowest BCUT2D eigenvalue weighted by atomic mass is 10.1. The minimum absolute atomic E-state index is 0.0693. The third-order valence-electron chi connectivity index (χ3n) is 5.19. The highest BCUT2D eigenvalue weighted by molar-refractivity contribution is 5.97. The van der Waals surface area contributed by atoms with Crippen molar-refractivity contribution in [2.75, 3.05) is 0 Å². The van der Waals surface area contributed by atoms with Gasteiger partial charge in [-0.25, -0.2) is 0 Å². The summed E-state index contributed by atoms with van der Waals surface area (Å²) in [6.07, 6.45) is 6.36. The van der Waals surface area contributed by atoms with E-state index < -0.39 is 22.2 Å². The molecule has 5 rings (SSSR count). The summed E-state index contributed by atoms with van der Waals surface area (Å²) in [4.78, 5) is 59.3. The van der Waals surface area contributed by atoms with E-state index in [0.717, 1.165) is 9.13 Å². The highest BCUT2D eigenvalue weighted by atomic mass is 16.2. The van der Waals surface area contributed by atoms with E-state index in [9.17, 15) is 19.2 Å². The van der Waals surface area contributed by atoms with Gasteiger partial charge in [-0.2, -0.15) is 0 Å². The van der Waals surface area contributed by atoms with Crippen molar-refractivity contribution in [2.24, 2.45) is 0 Å². The molecule has 0 unspecified atom stereocenters. The molecule has 0 spiro atoms. The van der Waals surface area contributed by atoms with Gasteiger partial charge in [-0.05, 0) is 35.4 Å². The van der Waals surface area contributed by atoms with Gasteiger partial charge in [0.05, 0.1) is 34.6 Å². The average molecular weight is 398 g/mol. The predicted octanol–water partition coefficient (Wildman–Crippen LogP) is 0.799. The minimum atomic E-state index is -0.493. The molecular weight excluding hydrogens is 384 g/mol. The van der Waals surface area contributed by atoms with Gasteiger partial charge in [0, 0.05) is 24.8 Å². The van der Waals surface area contributed by atoms with Gasteiger partial charge in [0.2, 0.25) is 0 Å². The Balaban J connectivity index is 1.69. The van der Waals surface area contributed by atoms with Gasteiger partial charge in [-0.3, -0.25) is 38.3 Å². The SMILES string of the molecule is O=c1c2cc3c(=O)n(Cc4cccnc4)c(=O)c3cc2c(=O)n1Cc1cccnc1. The molecule has 30 heavy (non-hydrogen) atoms. The maximum absolute atomic E-state index is 12.8. The van der Waals surface area contributed by atoms with Gasteiger partial charge >= 0.3 is 0 Å². The molecule has 0 aliphatic rings. The number of hydrogen-bond acceptors (Lipinski definition) is 6. The highest BCUT2D eigenvalue weighted by Crippen LogP contribution is 2.15. The predicted molar refractivity (Wildman–Crippen MR) is 112 cm³/mol. The zero-order valence-electron chi connectivity index (χ0n) is 15.6. The molecule has 0 atom stereocenters. The van der Waals surface area contributed by atoms with Gasteiger partial charge in [0.15, 0.2) is 0 Å². The Hall–Kier alpha value is -4.20. The summed E-state index contributed by atoms with van der Waals surface area (Å²) in [6.45, 7) is 0.139. The molecule has 0 aliphatic carbocycles. The summed E-state index contributed by atoms with van der Waals surface area (Å²) >= 11 is 0. The smallest absolute Gasteiger partial charge is 0.261 e. The van der Waals surface area contributed by atoms with Crippen LogP contribution >= 0.6 is 0 Å². The normalized spacial score (nSPS) is 11.5. The number of nitrogens with zero attached hydrogens (tertiary/aromatic N) is 4. The fourth-order valence-electron chi connectivity index (χ4n) is 3.71. The van der Waals surface area contributed by atoms with E-state index in [-0.39, 0.29) is 34.6 Å². The Labute approximate surface area is 168 Å². The lowest BCUT2D eigenvalue weighted by Crippen LogP contribution is -2.26. The van der Waals surface area contributed by atoms with Crippen molar-refractivity contribution in [3.63, 3.8) is 0 Å². The molecule has 0 aliphatic heterocycles. The molecule has 0 radical (unpaired) electrons. The van der Waals surface area contributed by atoms with E-state index in [1.807, 2.05) is 0 Å². The van der Waals surface area contributed by atoms with E-state index in [1.54, 1.807) is 49.1 Å². The van der Waals surface area contributed by atoms with Crippen LogP contribution in [0.25, 0.3) is 21.5 Å². The van der Waals surface area contributed by atoms with Crippen molar-refractivity contribution >= 4 is 21.5 Å². The monoisotopic (exact) mass is 398 g/mol. The van der Waals surface area contributed by atoms with Crippen molar-refractivity contribution in [1.82, 2.24) is 19.1 Å². The third-order valence-corrected chi connectivity index (χ3v) is 5.19. The Morgan fingerprint density at radius 1 is 0.600 bits per heavy atom. The molecule has 1 aromatic carbocycles. The first-order valence-electron chi connectivity index (χ1n) is 9.23. The summed E-state index contributed by atoms with van der Waals surface area (Å²) in [5, 5.41) is 0.526. The van der Waals surface area contributed by atoms with Crippen LogP contribution in [0.2, 0.25) is 0 Å². The fraction of sp³-hybridized carbons (Fsp3) is 0.0909. The highest BCUT2D eigenvalue weighted by Gasteiger charge is 2.19. The van der Waals surface area contributed by atoms with Gasteiger partial charge in [-0.15, -0.1) is 0 Å². The van der Waals surface area contributed by atoms with E-state index in [0.29, 0.717) is 11.1 Å². The fourth-order valence-corrected chi connectivity index (χ4v) is 3.71. The van der Waals surface area contributed by atoms with Crippen LogP contribution in [0.3, 0.4) is 0 Å². The molecule has 0 fully saturated rings. The summed E-state index contributed by atoms with van der Waals surface area (Å²) in [5.41, 5.74) is -0.566. The largest absolute Gasteiger partial charge is 0.270 e. The number of fused-ring (bicyclic) bond motifs is 2. The summed E-state index contributed by atoms with van der Waals surface area (Å²) in [6, 6.07) is 9.68. The number of aromatic nitrogens is 4. The van der Waals surface area contributed by atoms with Crippen LogP contribution < -0.4 is 22.2 Å². The summed E-state index contributed by atoms with van der Waals surface area (Å²) in [5.74, 6) is 0. The molecule has 146 valence electrons. The summed E-state index contributed by atoms with van der Waals surface area (Å²) < 4.78 is 2.19. The molecular formula is C22H14N4O4. The van der Waals surface area contributed by atoms with Crippen LogP contribution in [0, 0.1) is 0 Å². The van der Waals surface area contributed by atoms with Gasteiger partial charge < -0.3 is 0 Å². The molecule has 0 amide bonds. The lowest BCUT2D eigenvalue weighted by Gasteiger charge is -1.99. The van der Waals surface area contributed by atoms with Gasteiger partial charge in [-0.1, -0.05) is 12.1 Å². The summed E-state index contributed by atoms with van der Waals surface area (Å²) in [7, 11) is 0. The quantitative estimate of drug-likeness (QED) is 0.444. The van der Waals surface area contributed by atoms with E-state index >= 15 is 0 Å². The molecule has 5 aromatic rings. The molecule has 8 heteroatoms. The Bertz CT molecular complexity index is 1410. The maximum atomic E-state index is 12.8. The van der Waals surface area contributed by atoms with E-state index in [1.165, 1.54) is 12.1 Å². The van der Waals surface area contributed by atoms with E-state index in [4.69, 9.17) is 0 Å². The first kappa shape index (κ1) is 17.9. The molecule has 0 saturated heterocycles. The molecule has 8 nitrogen and oxygen atoms in total. The molecule has 4 heterocycles. The molecule has 0 bridgehead atoms. The topological polar surface area (TPSA) is 104 Å². The third kappa shape index (κ3) is 2.69. The Kier molecular flexibility index (Phi) is 3.99. The minimum Gasteiger partial charge on any atom is -0.270 e. The second-order valence-corrected chi connectivity index (χ2v) is 7.06. The van der Waals surface area contributed by atoms with Crippen molar-refractivity contribution in [1.29, 1.82) is 0 Å². The maximum Gasteiger partial charge on any atom is 0.261 e. The zero-order chi connectivity index (χ0) is 20.8. The van der Waals surface area contributed by atoms with Crippen LogP contribution in [-0.2, 0) is 13.1 Å². The number of pyridine rings is 2. The van der Waals surface area contributed by atoms with Crippen molar-refractivity contribution in [3.8, 4) is 0 Å². The van der Waals surface area contributed by atoms with Crippen molar-refractivity contribution in [2.45, 2.75) is 13.1 Å². The van der Waals surface area contributed by atoms with Crippen LogP contribution in [0.15, 0.2) is 80.4 Å². The second kappa shape index (κ2) is 6.70. The first-order valence-corrected chi connectivity index (χ1v) is 9.23. The standard InChI is InChI=1S/C22H14N4O4/c27-19-15-7-17-18(22(30)26(21(17)29)12-14-4-2-6-24-10-14)8-16(15)20(28)25(19)11-13-3-1-5-23-9-13/h1-10H,11-12H2. The van der Waals surface area contributed by atoms with Crippen LogP contribution in [0.4, 0.5) is 0 Å². The van der Waals surface area contributed by atoms with Gasteiger partial charge in [0.1, 0.15) is 0 Å². The number of hydrogen-bond donors (Lipinski definition) is 0.